The lowest BCUT2D eigenvalue weighted by atomic mass is 10.3. The lowest BCUT2D eigenvalue weighted by Crippen LogP contribution is -2.39. The monoisotopic (exact) mass is 375 g/mol. The van der Waals surface area contributed by atoms with Gasteiger partial charge in [-0.25, -0.2) is 4.98 Å². The number of fused-ring (bicyclic) bond motifs is 1. The summed E-state index contributed by atoms with van der Waals surface area (Å²) >= 11 is 0. The van der Waals surface area contributed by atoms with Gasteiger partial charge >= 0.3 is 0 Å². The highest BCUT2D eigenvalue weighted by molar-refractivity contribution is 5.86. The molecule has 0 atom stereocenters. The molecule has 0 aliphatic carbocycles. The summed E-state index contributed by atoms with van der Waals surface area (Å²) in [5.74, 6) is 0.410. The summed E-state index contributed by atoms with van der Waals surface area (Å²) in [5, 5.41) is 5.19. The number of aromatic nitrogens is 2. The second-order valence-corrected chi connectivity index (χ2v) is 4.98. The minimum absolute atomic E-state index is 0. The van der Waals surface area contributed by atoms with Gasteiger partial charge in [0.15, 0.2) is 0 Å². The van der Waals surface area contributed by atoms with E-state index in [1.54, 1.807) is 0 Å². The van der Waals surface area contributed by atoms with Crippen molar-refractivity contribution in [2.45, 2.75) is 19.9 Å². The van der Waals surface area contributed by atoms with Gasteiger partial charge in [-0.2, -0.15) is 0 Å². The predicted octanol–water partition coefficient (Wildman–Crippen LogP) is 0.770. The Labute approximate surface area is 153 Å². The zero-order valence-electron chi connectivity index (χ0n) is 13.4. The van der Waals surface area contributed by atoms with Crippen LogP contribution in [0.15, 0.2) is 24.3 Å². The summed E-state index contributed by atoms with van der Waals surface area (Å²) in [5.41, 5.74) is 7.22. The zero-order valence-corrected chi connectivity index (χ0v) is 15.1. The van der Waals surface area contributed by atoms with Crippen LogP contribution in [0, 0.1) is 6.92 Å². The van der Waals surface area contributed by atoms with Gasteiger partial charge in [-0.3, -0.25) is 9.59 Å². The molecule has 0 saturated heterocycles. The summed E-state index contributed by atoms with van der Waals surface area (Å²) < 4.78 is 2.14. The van der Waals surface area contributed by atoms with E-state index < -0.39 is 0 Å². The molecule has 1 heterocycles. The van der Waals surface area contributed by atoms with E-state index in [9.17, 15) is 9.59 Å². The Morgan fingerprint density at radius 2 is 1.88 bits per heavy atom. The number of imidazole rings is 1. The molecule has 1 aromatic carbocycles. The number of carbonyl (C=O) groups excluding carboxylic acids is 2. The Bertz CT molecular complexity index is 675. The van der Waals surface area contributed by atoms with Crippen molar-refractivity contribution in [2.75, 3.05) is 19.6 Å². The van der Waals surface area contributed by atoms with Crippen LogP contribution in [0.4, 0.5) is 0 Å². The highest BCUT2D eigenvalue weighted by Crippen LogP contribution is 2.15. The van der Waals surface area contributed by atoms with Crippen LogP contribution in [0.5, 0.6) is 0 Å². The second kappa shape index (κ2) is 10.9. The molecule has 2 amide bonds. The molecule has 0 fully saturated rings. The van der Waals surface area contributed by atoms with Gasteiger partial charge in [0.05, 0.1) is 24.1 Å². The van der Waals surface area contributed by atoms with Crippen LogP contribution in [-0.4, -0.2) is 41.0 Å². The topological polar surface area (TPSA) is 102 Å². The minimum atomic E-state index is -0.337. The first-order valence-corrected chi connectivity index (χ1v) is 7.27. The second-order valence-electron chi connectivity index (χ2n) is 4.98. The molecule has 9 heteroatoms. The smallest absolute Gasteiger partial charge is 0.239 e. The van der Waals surface area contributed by atoms with Gasteiger partial charge in [0, 0.05) is 13.1 Å². The van der Waals surface area contributed by atoms with Gasteiger partial charge in [0.2, 0.25) is 11.8 Å². The molecular formula is C15H23Cl2N5O2. The molecule has 0 spiro atoms. The van der Waals surface area contributed by atoms with Crippen molar-refractivity contribution in [1.82, 2.24) is 20.2 Å². The van der Waals surface area contributed by atoms with Crippen molar-refractivity contribution >= 4 is 47.7 Å². The number of para-hydroxylation sites is 2. The highest BCUT2D eigenvalue weighted by atomic mass is 35.5. The van der Waals surface area contributed by atoms with E-state index in [-0.39, 0.29) is 49.7 Å². The standard InChI is InChI=1S/C15H21N5O2.2ClH/c1-11-19-12-5-2-3-6-13(12)20(11)8-4-7-17-15(22)10-18-14(21)9-16;;/h2-3,5-6H,4,7-10,16H2,1H3,(H,17,22)(H,18,21);2*1H. The number of rotatable bonds is 7. The van der Waals surface area contributed by atoms with E-state index in [0.717, 1.165) is 29.8 Å². The molecule has 0 radical (unpaired) electrons. The first-order valence-electron chi connectivity index (χ1n) is 7.27. The Morgan fingerprint density at radius 1 is 1.17 bits per heavy atom. The van der Waals surface area contributed by atoms with Gasteiger partial charge in [0.25, 0.3) is 0 Å². The van der Waals surface area contributed by atoms with E-state index in [1.807, 2.05) is 31.2 Å². The predicted molar refractivity (Wildman–Crippen MR) is 98.7 cm³/mol. The van der Waals surface area contributed by atoms with Crippen LogP contribution in [0.1, 0.15) is 12.2 Å². The highest BCUT2D eigenvalue weighted by Gasteiger charge is 2.07. The fourth-order valence-electron chi connectivity index (χ4n) is 2.26. The van der Waals surface area contributed by atoms with E-state index in [1.165, 1.54) is 0 Å². The Balaban J connectivity index is 0.00000264. The Morgan fingerprint density at radius 3 is 2.58 bits per heavy atom. The van der Waals surface area contributed by atoms with E-state index in [2.05, 4.69) is 20.2 Å². The van der Waals surface area contributed by atoms with Crippen molar-refractivity contribution in [3.8, 4) is 0 Å². The lowest BCUT2D eigenvalue weighted by Gasteiger charge is -2.08. The molecule has 4 N–H and O–H groups in total. The SMILES string of the molecule is Cc1nc2ccccc2n1CCCNC(=O)CNC(=O)CN.Cl.Cl. The van der Waals surface area contributed by atoms with E-state index in [4.69, 9.17) is 5.73 Å². The number of aryl methyl sites for hydroxylation is 2. The van der Waals surface area contributed by atoms with Crippen molar-refractivity contribution in [3.05, 3.63) is 30.1 Å². The lowest BCUT2D eigenvalue weighted by molar-refractivity contribution is -0.125. The fourth-order valence-corrected chi connectivity index (χ4v) is 2.26. The molecule has 2 rings (SSSR count). The maximum Gasteiger partial charge on any atom is 0.239 e. The van der Waals surface area contributed by atoms with Gasteiger partial charge in [-0.15, -0.1) is 24.8 Å². The van der Waals surface area contributed by atoms with Crippen molar-refractivity contribution in [2.24, 2.45) is 5.73 Å². The molecule has 24 heavy (non-hydrogen) atoms. The summed E-state index contributed by atoms with van der Waals surface area (Å²) in [6.07, 6.45) is 0.789. The zero-order chi connectivity index (χ0) is 15.9. The Hall–Kier alpha value is -1.83. The third-order valence-corrected chi connectivity index (χ3v) is 3.36. The van der Waals surface area contributed by atoms with E-state index in [0.29, 0.717) is 6.54 Å². The molecular weight excluding hydrogens is 353 g/mol. The van der Waals surface area contributed by atoms with Crippen molar-refractivity contribution in [1.29, 1.82) is 0 Å². The summed E-state index contributed by atoms with van der Waals surface area (Å²) in [6.45, 7) is 3.15. The number of nitrogens with zero attached hydrogens (tertiary/aromatic N) is 2. The van der Waals surface area contributed by atoms with Crippen molar-refractivity contribution in [3.63, 3.8) is 0 Å². The van der Waals surface area contributed by atoms with Crippen LogP contribution in [0.25, 0.3) is 11.0 Å². The van der Waals surface area contributed by atoms with Crippen molar-refractivity contribution < 1.29 is 9.59 Å². The number of nitrogens with one attached hydrogen (secondary N) is 2. The molecule has 0 aliphatic heterocycles. The Kier molecular flexibility index (Phi) is 10.0. The number of nitrogens with two attached hydrogens (primary N) is 1. The molecule has 0 unspecified atom stereocenters. The molecule has 1 aromatic heterocycles. The largest absolute Gasteiger partial charge is 0.355 e. The van der Waals surface area contributed by atoms with Crippen LogP contribution in [0.2, 0.25) is 0 Å². The molecule has 7 nitrogen and oxygen atoms in total. The maximum absolute atomic E-state index is 11.5. The average Bonchev–Trinajstić information content (AvgIpc) is 2.84. The third-order valence-electron chi connectivity index (χ3n) is 3.36. The van der Waals surface area contributed by atoms with Crippen LogP contribution >= 0.6 is 24.8 Å². The van der Waals surface area contributed by atoms with Crippen LogP contribution in [-0.2, 0) is 16.1 Å². The molecule has 0 saturated carbocycles. The molecule has 0 bridgehead atoms. The number of amides is 2. The molecule has 134 valence electrons. The first-order chi connectivity index (χ1) is 10.6. The van der Waals surface area contributed by atoms with Gasteiger partial charge in [0.1, 0.15) is 5.82 Å². The summed E-state index contributed by atoms with van der Waals surface area (Å²) in [6, 6.07) is 7.98. The van der Waals surface area contributed by atoms with E-state index >= 15 is 0 Å². The maximum atomic E-state index is 11.5. The third kappa shape index (κ3) is 5.99. The summed E-state index contributed by atoms with van der Waals surface area (Å²) in [7, 11) is 0. The molecule has 0 aliphatic rings. The normalized spacial score (nSPS) is 9.75. The van der Waals surface area contributed by atoms with Gasteiger partial charge < -0.3 is 20.9 Å². The summed E-state index contributed by atoms with van der Waals surface area (Å²) in [4.78, 5) is 27.0. The number of carbonyl (C=O) groups is 2. The minimum Gasteiger partial charge on any atom is -0.355 e. The fraction of sp³-hybridized carbons (Fsp3) is 0.400. The van der Waals surface area contributed by atoms with Gasteiger partial charge in [-0.1, -0.05) is 12.1 Å². The average molecular weight is 376 g/mol. The number of hydrogen-bond donors (Lipinski definition) is 3. The first kappa shape index (κ1) is 22.2. The molecule has 2 aromatic rings. The van der Waals surface area contributed by atoms with Crippen LogP contribution in [0.3, 0.4) is 0 Å². The quantitative estimate of drug-likeness (QED) is 0.621. The van der Waals surface area contributed by atoms with Gasteiger partial charge in [-0.05, 0) is 25.5 Å². The number of benzene rings is 1. The number of halogens is 2. The van der Waals surface area contributed by atoms with Crippen LogP contribution < -0.4 is 16.4 Å². The number of hydrogen-bond acceptors (Lipinski definition) is 4.